The number of hydrogen-bond acceptors (Lipinski definition) is 4. The van der Waals surface area contributed by atoms with Crippen molar-refractivity contribution in [1.82, 2.24) is 10.2 Å². The van der Waals surface area contributed by atoms with Crippen molar-refractivity contribution < 1.29 is 14.3 Å². The van der Waals surface area contributed by atoms with Crippen LogP contribution >= 0.6 is 23.2 Å². The second-order valence-corrected chi connectivity index (χ2v) is 6.66. The first-order valence-corrected chi connectivity index (χ1v) is 8.76. The summed E-state index contributed by atoms with van der Waals surface area (Å²) in [7, 11) is 0. The number of nitrogens with zero attached hydrogens (tertiary/aromatic N) is 1. The van der Waals surface area contributed by atoms with Gasteiger partial charge in [0.2, 0.25) is 5.91 Å². The molecule has 0 aliphatic carbocycles. The molecule has 2 aliphatic heterocycles. The molecule has 1 fully saturated rings. The number of hydrogen-bond donors (Lipinski definition) is 1. The van der Waals surface area contributed by atoms with Gasteiger partial charge in [-0.1, -0.05) is 23.2 Å². The Morgan fingerprint density at radius 2 is 2.04 bits per heavy atom. The van der Waals surface area contributed by atoms with Crippen LogP contribution in [0, 0.1) is 0 Å². The van der Waals surface area contributed by atoms with E-state index in [0.29, 0.717) is 68.2 Å². The van der Waals surface area contributed by atoms with Crippen LogP contribution in [-0.2, 0) is 9.53 Å². The first kappa shape index (κ1) is 17.5. The lowest BCUT2D eigenvalue weighted by Gasteiger charge is -2.27. The fourth-order valence-electron chi connectivity index (χ4n) is 2.78. The number of fused-ring (bicyclic) bond motifs is 1. The molecule has 24 heavy (non-hydrogen) atoms. The van der Waals surface area contributed by atoms with E-state index < -0.39 is 0 Å². The van der Waals surface area contributed by atoms with Crippen molar-refractivity contribution >= 4 is 35.2 Å². The number of amides is 1. The molecule has 0 atom stereocenters. The van der Waals surface area contributed by atoms with Crippen molar-refractivity contribution in [1.29, 1.82) is 0 Å². The van der Waals surface area contributed by atoms with Crippen LogP contribution in [0.3, 0.4) is 0 Å². The molecule has 0 saturated carbocycles. The Labute approximate surface area is 151 Å². The molecule has 2 aliphatic rings. The predicted octanol–water partition coefficient (Wildman–Crippen LogP) is 2.61. The van der Waals surface area contributed by atoms with E-state index in [0.717, 1.165) is 11.1 Å². The van der Waals surface area contributed by atoms with Crippen LogP contribution in [0.25, 0.3) is 6.08 Å². The van der Waals surface area contributed by atoms with Crippen LogP contribution in [0.2, 0.25) is 10.0 Å². The zero-order valence-electron chi connectivity index (χ0n) is 13.3. The molecular formula is C17H20Cl2N2O3. The summed E-state index contributed by atoms with van der Waals surface area (Å²) < 4.78 is 11.0. The maximum atomic E-state index is 12.0. The number of rotatable bonds is 5. The summed E-state index contributed by atoms with van der Waals surface area (Å²) in [5.74, 6) is 0.843. The van der Waals surface area contributed by atoms with Crippen LogP contribution in [0.1, 0.15) is 12.0 Å². The third-order valence-electron chi connectivity index (χ3n) is 4.03. The summed E-state index contributed by atoms with van der Waals surface area (Å²) in [5, 5.41) is 4.40. The molecule has 130 valence electrons. The molecule has 1 N–H and O–H groups in total. The lowest BCUT2D eigenvalue weighted by Crippen LogP contribution is -2.41. The molecule has 3 rings (SSSR count). The number of morpholine rings is 1. The van der Waals surface area contributed by atoms with Gasteiger partial charge in [-0.2, -0.15) is 0 Å². The lowest BCUT2D eigenvalue weighted by atomic mass is 10.1. The van der Waals surface area contributed by atoms with Gasteiger partial charge in [-0.05, 0) is 23.8 Å². The third-order valence-corrected chi connectivity index (χ3v) is 4.53. The highest BCUT2D eigenvalue weighted by molar-refractivity contribution is 6.36. The second kappa shape index (κ2) is 8.21. The first-order valence-electron chi connectivity index (χ1n) is 8.01. The van der Waals surface area contributed by atoms with Gasteiger partial charge in [-0.3, -0.25) is 4.79 Å². The molecule has 0 spiro atoms. The molecule has 0 bridgehead atoms. The maximum Gasteiger partial charge on any atom is 0.224 e. The zero-order valence-corrected chi connectivity index (χ0v) is 14.8. The molecule has 0 radical (unpaired) electrons. The van der Waals surface area contributed by atoms with E-state index in [1.807, 2.05) is 17.0 Å². The summed E-state index contributed by atoms with van der Waals surface area (Å²) in [5.41, 5.74) is 1.99. The normalized spacial score (nSPS) is 17.1. The fraction of sp³-hybridized carbons (Fsp3) is 0.471. The number of carbonyl (C=O) groups is 1. The average Bonchev–Trinajstić information content (AvgIpc) is 2.59. The van der Waals surface area contributed by atoms with Gasteiger partial charge >= 0.3 is 0 Å². The number of halogens is 2. The average molecular weight is 371 g/mol. The van der Waals surface area contributed by atoms with Gasteiger partial charge in [0.25, 0.3) is 0 Å². The van der Waals surface area contributed by atoms with E-state index in [2.05, 4.69) is 5.32 Å². The van der Waals surface area contributed by atoms with Crippen molar-refractivity contribution in [2.75, 3.05) is 46.0 Å². The molecule has 0 aromatic heterocycles. The van der Waals surface area contributed by atoms with Gasteiger partial charge in [0.1, 0.15) is 12.4 Å². The standard InChI is InChI=1S/C17H20Cl2N2O3/c18-14-8-13-7-12(11-24-17(13)15(19)9-14)10-20-2-1-16(22)21-3-5-23-6-4-21/h7-9,20H,1-6,10-11H2. The van der Waals surface area contributed by atoms with Gasteiger partial charge in [0.05, 0.1) is 18.2 Å². The topological polar surface area (TPSA) is 50.8 Å². The van der Waals surface area contributed by atoms with Crippen LogP contribution < -0.4 is 10.1 Å². The quantitative estimate of drug-likeness (QED) is 0.809. The highest BCUT2D eigenvalue weighted by Gasteiger charge is 2.17. The molecule has 1 amide bonds. The van der Waals surface area contributed by atoms with Gasteiger partial charge in [-0.25, -0.2) is 0 Å². The summed E-state index contributed by atoms with van der Waals surface area (Å²) in [6.45, 7) is 4.43. The monoisotopic (exact) mass is 370 g/mol. The Balaban J connectivity index is 1.47. The Morgan fingerprint density at radius 3 is 2.83 bits per heavy atom. The van der Waals surface area contributed by atoms with Gasteiger partial charge in [0.15, 0.2) is 0 Å². The Morgan fingerprint density at radius 1 is 1.25 bits per heavy atom. The fourth-order valence-corrected chi connectivity index (χ4v) is 3.35. The number of ether oxygens (including phenoxy) is 2. The van der Waals surface area contributed by atoms with Crippen molar-refractivity contribution in [2.24, 2.45) is 0 Å². The van der Waals surface area contributed by atoms with Gasteiger partial charge in [-0.15, -0.1) is 0 Å². The highest BCUT2D eigenvalue weighted by Crippen LogP contribution is 2.36. The second-order valence-electron chi connectivity index (χ2n) is 5.82. The van der Waals surface area contributed by atoms with Gasteiger partial charge in [0, 0.05) is 43.2 Å². The minimum Gasteiger partial charge on any atom is -0.487 e. The molecule has 1 aromatic carbocycles. The molecule has 2 heterocycles. The van der Waals surface area contributed by atoms with E-state index >= 15 is 0 Å². The summed E-state index contributed by atoms with van der Waals surface area (Å²) >= 11 is 12.2. The Hall–Kier alpha value is -1.27. The van der Waals surface area contributed by atoms with Crippen LogP contribution in [-0.4, -0.2) is 56.8 Å². The molecule has 0 unspecified atom stereocenters. The van der Waals surface area contributed by atoms with E-state index in [1.165, 1.54) is 0 Å². The minimum atomic E-state index is 0.170. The van der Waals surface area contributed by atoms with Crippen molar-refractivity contribution in [3.8, 4) is 5.75 Å². The highest BCUT2D eigenvalue weighted by atomic mass is 35.5. The minimum absolute atomic E-state index is 0.170. The molecular weight excluding hydrogens is 351 g/mol. The van der Waals surface area contributed by atoms with Crippen LogP contribution in [0.5, 0.6) is 5.75 Å². The lowest BCUT2D eigenvalue weighted by molar-refractivity contribution is -0.135. The molecule has 1 saturated heterocycles. The van der Waals surface area contributed by atoms with Gasteiger partial charge < -0.3 is 19.7 Å². The van der Waals surface area contributed by atoms with Crippen molar-refractivity contribution in [3.05, 3.63) is 33.3 Å². The Bertz CT molecular complexity index is 643. The largest absolute Gasteiger partial charge is 0.487 e. The number of carbonyl (C=O) groups excluding carboxylic acids is 1. The SMILES string of the molecule is O=C(CCNCC1=Cc2cc(Cl)cc(Cl)c2OC1)N1CCOCC1. The predicted molar refractivity (Wildman–Crippen MR) is 94.8 cm³/mol. The van der Waals surface area contributed by atoms with Crippen molar-refractivity contribution in [2.45, 2.75) is 6.42 Å². The maximum absolute atomic E-state index is 12.0. The van der Waals surface area contributed by atoms with E-state index in [1.54, 1.807) is 6.07 Å². The van der Waals surface area contributed by atoms with E-state index in [9.17, 15) is 4.79 Å². The summed E-state index contributed by atoms with van der Waals surface area (Å²) in [6.07, 6.45) is 2.52. The summed E-state index contributed by atoms with van der Waals surface area (Å²) in [4.78, 5) is 13.9. The zero-order chi connectivity index (χ0) is 16.9. The van der Waals surface area contributed by atoms with Crippen molar-refractivity contribution in [3.63, 3.8) is 0 Å². The number of nitrogens with one attached hydrogen (secondary N) is 1. The number of benzene rings is 1. The Kier molecular flexibility index (Phi) is 6.00. The van der Waals surface area contributed by atoms with E-state index in [-0.39, 0.29) is 5.91 Å². The molecule has 7 heteroatoms. The third kappa shape index (κ3) is 4.42. The first-order chi connectivity index (χ1) is 11.6. The molecule has 5 nitrogen and oxygen atoms in total. The van der Waals surface area contributed by atoms with E-state index in [4.69, 9.17) is 32.7 Å². The van der Waals surface area contributed by atoms with Crippen LogP contribution in [0.4, 0.5) is 0 Å². The molecule has 1 aromatic rings. The smallest absolute Gasteiger partial charge is 0.224 e. The van der Waals surface area contributed by atoms with Crippen LogP contribution in [0.15, 0.2) is 17.7 Å². The summed E-state index contributed by atoms with van der Waals surface area (Å²) in [6, 6.07) is 3.51.